The lowest BCUT2D eigenvalue weighted by molar-refractivity contribution is 0.0687. The zero-order valence-corrected chi connectivity index (χ0v) is 16.4. The van der Waals surface area contributed by atoms with Crippen LogP contribution in [0.25, 0.3) is 15.7 Å². The van der Waals surface area contributed by atoms with Gasteiger partial charge >= 0.3 is 0 Å². The molecule has 7 nitrogen and oxygen atoms in total. The second-order valence-corrected chi connectivity index (χ2v) is 8.19. The Labute approximate surface area is 173 Å². The van der Waals surface area contributed by atoms with E-state index >= 15 is 0 Å². The molecule has 0 spiro atoms. The molecule has 1 aliphatic rings. The molecule has 1 aliphatic heterocycles. The smallest absolute Gasteiger partial charge is 0.283 e. The van der Waals surface area contributed by atoms with Crippen LogP contribution in [0.4, 0.5) is 4.39 Å². The molecule has 148 valence electrons. The highest BCUT2D eigenvalue weighted by molar-refractivity contribution is 7.20. The molecule has 0 bridgehead atoms. The molecule has 1 atom stereocenters. The fraction of sp³-hybridized carbons (Fsp3) is 0.143. The van der Waals surface area contributed by atoms with Crippen LogP contribution in [0.2, 0.25) is 0 Å². The topological polar surface area (TPSA) is 79.2 Å². The van der Waals surface area contributed by atoms with Gasteiger partial charge in [0.15, 0.2) is 5.01 Å². The zero-order valence-electron chi connectivity index (χ0n) is 15.6. The standard InChI is InChI=1S/C21H15FN6OS/c22-12-4-3-8-28-16(12)10-15(26-28)19-18-14(23-11-24-18)7-9-27(19)21(29)20-25-13-5-1-2-6-17(13)30-20/h1-6,8,10-11,19H,7,9H2,(H,23,24)/t19-/m0/s1. The fourth-order valence-electron chi connectivity index (χ4n) is 4.01. The highest BCUT2D eigenvalue weighted by Crippen LogP contribution is 2.35. The number of fused-ring (bicyclic) bond motifs is 3. The van der Waals surface area contributed by atoms with Gasteiger partial charge in [-0.05, 0) is 30.3 Å². The van der Waals surface area contributed by atoms with Crippen molar-refractivity contribution in [3.05, 3.63) is 82.9 Å². The van der Waals surface area contributed by atoms with Crippen LogP contribution in [-0.4, -0.2) is 41.9 Å². The summed E-state index contributed by atoms with van der Waals surface area (Å²) in [5.41, 5.74) is 3.44. The molecule has 0 unspecified atom stereocenters. The van der Waals surface area contributed by atoms with E-state index in [1.807, 2.05) is 24.3 Å². The summed E-state index contributed by atoms with van der Waals surface area (Å²) >= 11 is 1.37. The first kappa shape index (κ1) is 17.3. The van der Waals surface area contributed by atoms with Crippen LogP contribution in [-0.2, 0) is 6.42 Å². The van der Waals surface area contributed by atoms with Gasteiger partial charge in [0.1, 0.15) is 17.4 Å². The van der Waals surface area contributed by atoms with E-state index in [4.69, 9.17) is 0 Å². The normalized spacial score (nSPS) is 16.3. The molecule has 5 aromatic rings. The highest BCUT2D eigenvalue weighted by Gasteiger charge is 2.37. The van der Waals surface area contributed by atoms with Crippen LogP contribution in [0.1, 0.15) is 32.9 Å². The van der Waals surface area contributed by atoms with Crippen molar-refractivity contribution in [2.24, 2.45) is 0 Å². The molecule has 1 aromatic carbocycles. The van der Waals surface area contributed by atoms with Crippen molar-refractivity contribution in [3.63, 3.8) is 0 Å². The van der Waals surface area contributed by atoms with Crippen LogP contribution < -0.4 is 0 Å². The third kappa shape index (κ3) is 2.55. The molecule has 0 saturated carbocycles. The average molecular weight is 418 g/mol. The molecule has 6 rings (SSSR count). The van der Waals surface area contributed by atoms with Gasteiger partial charge in [-0.2, -0.15) is 5.10 Å². The Morgan fingerprint density at radius 2 is 2.13 bits per heavy atom. The number of aromatic amines is 1. The summed E-state index contributed by atoms with van der Waals surface area (Å²) < 4.78 is 16.7. The first-order valence-electron chi connectivity index (χ1n) is 9.51. The third-order valence-corrected chi connectivity index (χ3v) is 6.44. The second-order valence-electron chi connectivity index (χ2n) is 7.16. The number of carbonyl (C=O) groups excluding carboxylic acids is 1. The van der Waals surface area contributed by atoms with Crippen LogP contribution in [0.5, 0.6) is 0 Å². The molecule has 0 saturated heterocycles. The van der Waals surface area contributed by atoms with E-state index in [0.29, 0.717) is 29.2 Å². The van der Waals surface area contributed by atoms with E-state index in [1.54, 1.807) is 29.6 Å². The summed E-state index contributed by atoms with van der Waals surface area (Å²) in [5.74, 6) is -0.536. The monoisotopic (exact) mass is 418 g/mol. The second kappa shape index (κ2) is 6.46. The zero-order chi connectivity index (χ0) is 20.2. The van der Waals surface area contributed by atoms with Gasteiger partial charge in [-0.15, -0.1) is 11.3 Å². The van der Waals surface area contributed by atoms with Gasteiger partial charge in [0.2, 0.25) is 0 Å². The SMILES string of the molecule is O=C(c1nc2ccccc2s1)N1CCc2[nH]cnc2[C@@H]1c1cc2c(F)cccn2n1. The highest BCUT2D eigenvalue weighted by atomic mass is 32.1. The summed E-state index contributed by atoms with van der Waals surface area (Å²) in [7, 11) is 0. The van der Waals surface area contributed by atoms with Gasteiger partial charge in [0.25, 0.3) is 5.91 Å². The minimum Gasteiger partial charge on any atom is -0.348 e. The van der Waals surface area contributed by atoms with Crippen LogP contribution in [0.3, 0.4) is 0 Å². The number of halogens is 1. The lowest BCUT2D eigenvalue weighted by Gasteiger charge is -2.33. The molecule has 0 aliphatic carbocycles. The molecule has 1 N–H and O–H groups in total. The van der Waals surface area contributed by atoms with Gasteiger partial charge in [-0.3, -0.25) is 4.79 Å². The molecule has 1 amide bonds. The number of hydrogen-bond donors (Lipinski definition) is 1. The van der Waals surface area contributed by atoms with Crippen molar-refractivity contribution < 1.29 is 9.18 Å². The molecule has 30 heavy (non-hydrogen) atoms. The maximum atomic E-state index is 14.3. The van der Waals surface area contributed by atoms with Crippen molar-refractivity contribution in [3.8, 4) is 0 Å². The number of thiazole rings is 1. The molecule has 5 heterocycles. The quantitative estimate of drug-likeness (QED) is 0.475. The van der Waals surface area contributed by atoms with E-state index in [0.717, 1.165) is 21.6 Å². The predicted octanol–water partition coefficient (Wildman–Crippen LogP) is 3.59. The molecular formula is C21H15FN6OS. The van der Waals surface area contributed by atoms with E-state index in [2.05, 4.69) is 20.1 Å². The summed E-state index contributed by atoms with van der Waals surface area (Å²) in [6.45, 7) is 0.491. The Kier molecular flexibility index (Phi) is 3.72. The number of hydrogen-bond acceptors (Lipinski definition) is 5. The number of aromatic nitrogens is 5. The summed E-state index contributed by atoms with van der Waals surface area (Å²) in [6.07, 6.45) is 3.97. The van der Waals surface area contributed by atoms with Crippen molar-refractivity contribution in [2.45, 2.75) is 12.5 Å². The van der Waals surface area contributed by atoms with Crippen LogP contribution >= 0.6 is 11.3 Å². The van der Waals surface area contributed by atoms with E-state index in [1.165, 1.54) is 21.9 Å². The van der Waals surface area contributed by atoms with Crippen LogP contribution in [0.15, 0.2) is 55.0 Å². The number of nitrogens with one attached hydrogen (secondary N) is 1. The Morgan fingerprint density at radius 3 is 3.00 bits per heavy atom. The van der Waals surface area contributed by atoms with E-state index in [-0.39, 0.29) is 11.7 Å². The summed E-state index contributed by atoms with van der Waals surface area (Å²) in [4.78, 5) is 27.4. The van der Waals surface area contributed by atoms with Gasteiger partial charge in [-0.25, -0.2) is 18.9 Å². The lowest BCUT2D eigenvalue weighted by atomic mass is 9.99. The van der Waals surface area contributed by atoms with Crippen LogP contribution in [0, 0.1) is 5.82 Å². The number of nitrogens with zero attached hydrogens (tertiary/aromatic N) is 5. The summed E-state index contributed by atoms with van der Waals surface area (Å²) in [5, 5.41) is 4.98. The number of benzene rings is 1. The van der Waals surface area contributed by atoms with Gasteiger partial charge in [-0.1, -0.05) is 12.1 Å². The Morgan fingerprint density at radius 1 is 1.23 bits per heavy atom. The largest absolute Gasteiger partial charge is 0.348 e. The van der Waals surface area contributed by atoms with E-state index in [9.17, 15) is 9.18 Å². The summed E-state index contributed by atoms with van der Waals surface area (Å²) in [6, 6.07) is 11.8. The van der Waals surface area contributed by atoms with Gasteiger partial charge < -0.3 is 9.88 Å². The number of amides is 1. The number of carbonyl (C=O) groups is 1. The first-order chi connectivity index (χ1) is 14.7. The van der Waals surface area contributed by atoms with Crippen molar-refractivity contribution in [1.29, 1.82) is 0 Å². The number of imidazole rings is 1. The minimum absolute atomic E-state index is 0.174. The Bertz CT molecular complexity index is 1390. The third-order valence-electron chi connectivity index (χ3n) is 5.41. The number of pyridine rings is 1. The van der Waals surface area contributed by atoms with Gasteiger partial charge in [0.05, 0.1) is 27.9 Å². The van der Waals surface area contributed by atoms with Crippen molar-refractivity contribution >= 4 is 33.0 Å². The number of para-hydroxylation sites is 1. The maximum absolute atomic E-state index is 14.3. The van der Waals surface area contributed by atoms with Crippen molar-refractivity contribution in [2.75, 3.05) is 6.54 Å². The Balaban J connectivity index is 1.48. The van der Waals surface area contributed by atoms with Crippen molar-refractivity contribution in [1.82, 2.24) is 29.5 Å². The number of H-pyrrole nitrogens is 1. The van der Waals surface area contributed by atoms with E-state index < -0.39 is 6.04 Å². The maximum Gasteiger partial charge on any atom is 0.283 e. The lowest BCUT2D eigenvalue weighted by Crippen LogP contribution is -2.41. The number of rotatable bonds is 2. The van der Waals surface area contributed by atoms with Gasteiger partial charge in [0, 0.05) is 24.9 Å². The molecule has 0 fully saturated rings. The Hall–Kier alpha value is -3.59. The fourth-order valence-corrected chi connectivity index (χ4v) is 4.94. The average Bonchev–Trinajstić information content (AvgIpc) is 3.49. The predicted molar refractivity (Wildman–Crippen MR) is 110 cm³/mol. The molecule has 0 radical (unpaired) electrons. The first-order valence-corrected chi connectivity index (χ1v) is 10.3. The molecule has 9 heteroatoms. The molecular weight excluding hydrogens is 403 g/mol. The molecule has 4 aromatic heterocycles. The minimum atomic E-state index is -0.515.